The second-order valence-corrected chi connectivity index (χ2v) is 5.11. The van der Waals surface area contributed by atoms with Crippen molar-refractivity contribution in [1.29, 1.82) is 0 Å². The monoisotopic (exact) mass is 313 g/mol. The number of ketones is 1. The first kappa shape index (κ1) is 16.0. The van der Waals surface area contributed by atoms with Gasteiger partial charge >= 0.3 is 0 Å². The van der Waals surface area contributed by atoms with E-state index in [1.165, 1.54) is 6.08 Å². The molecule has 0 aromatic heterocycles. The average Bonchev–Trinajstić information content (AvgIpc) is 2.54. The molecule has 112 valence electrons. The molecule has 0 unspecified atom stereocenters. The summed E-state index contributed by atoms with van der Waals surface area (Å²) in [6, 6.07) is 14.1. The summed E-state index contributed by atoms with van der Waals surface area (Å²) in [4.78, 5) is 23.4. The molecule has 1 N–H and O–H groups in total. The van der Waals surface area contributed by atoms with Gasteiger partial charge in [-0.25, -0.2) is 0 Å². The molecule has 0 fully saturated rings. The molecule has 2 rings (SSSR count). The van der Waals surface area contributed by atoms with E-state index >= 15 is 0 Å². The summed E-state index contributed by atoms with van der Waals surface area (Å²) < 4.78 is 0. The zero-order chi connectivity index (χ0) is 15.9. The van der Waals surface area contributed by atoms with Crippen LogP contribution in [0, 0.1) is 0 Å². The summed E-state index contributed by atoms with van der Waals surface area (Å²) in [5.41, 5.74) is 2.03. The minimum atomic E-state index is -0.117. The van der Waals surface area contributed by atoms with Gasteiger partial charge in [-0.3, -0.25) is 9.59 Å². The highest BCUT2D eigenvalue weighted by molar-refractivity contribution is 6.32. The minimum Gasteiger partial charge on any atom is -0.326 e. The van der Waals surface area contributed by atoms with E-state index in [-0.39, 0.29) is 11.7 Å². The Bertz CT molecular complexity index is 705. The van der Waals surface area contributed by atoms with Gasteiger partial charge in [-0.05, 0) is 48.0 Å². The molecule has 0 spiro atoms. The van der Waals surface area contributed by atoms with Crippen LogP contribution < -0.4 is 5.32 Å². The first-order chi connectivity index (χ1) is 10.6. The van der Waals surface area contributed by atoms with E-state index in [2.05, 4.69) is 5.32 Å². The van der Waals surface area contributed by atoms with Gasteiger partial charge in [-0.1, -0.05) is 36.7 Å². The number of carbonyl (C=O) groups excluding carboxylic acids is 2. The lowest BCUT2D eigenvalue weighted by atomic mass is 10.1. The van der Waals surface area contributed by atoms with Crippen molar-refractivity contribution in [3.8, 4) is 0 Å². The van der Waals surface area contributed by atoms with E-state index in [1.807, 2.05) is 18.2 Å². The molecule has 0 aliphatic rings. The van der Waals surface area contributed by atoms with Gasteiger partial charge in [0.15, 0.2) is 5.78 Å². The lowest BCUT2D eigenvalue weighted by Crippen LogP contribution is -2.09. The van der Waals surface area contributed by atoms with Crippen LogP contribution >= 0.6 is 11.6 Å². The maximum absolute atomic E-state index is 12.1. The number of allylic oxidation sites excluding steroid dienone is 1. The van der Waals surface area contributed by atoms with Crippen molar-refractivity contribution in [2.24, 2.45) is 0 Å². The Balaban J connectivity index is 2.07. The predicted molar refractivity (Wildman–Crippen MR) is 90.2 cm³/mol. The predicted octanol–water partition coefficient (Wildman–Crippen LogP) is 4.58. The van der Waals surface area contributed by atoms with E-state index < -0.39 is 0 Å². The topological polar surface area (TPSA) is 46.2 Å². The van der Waals surface area contributed by atoms with Crippen molar-refractivity contribution in [2.45, 2.75) is 13.3 Å². The van der Waals surface area contributed by atoms with Crippen molar-refractivity contribution in [2.75, 3.05) is 5.32 Å². The highest BCUT2D eigenvalue weighted by Crippen LogP contribution is 2.17. The highest BCUT2D eigenvalue weighted by atomic mass is 35.5. The minimum absolute atomic E-state index is 0.0577. The van der Waals surface area contributed by atoms with Crippen LogP contribution in [-0.2, 0) is 4.79 Å². The SMILES string of the molecule is CCC(=O)Nc1ccc(C(=O)/C=C/c2ccccc2Cl)cc1. The highest BCUT2D eigenvalue weighted by Gasteiger charge is 2.04. The fraction of sp³-hybridized carbons (Fsp3) is 0.111. The number of rotatable bonds is 5. The molecule has 0 heterocycles. The average molecular weight is 314 g/mol. The summed E-state index contributed by atoms with van der Waals surface area (Å²) in [6.45, 7) is 1.78. The molecular formula is C18H16ClNO2. The molecule has 0 aliphatic carbocycles. The molecule has 2 aromatic rings. The smallest absolute Gasteiger partial charge is 0.224 e. The largest absolute Gasteiger partial charge is 0.326 e. The van der Waals surface area contributed by atoms with Gasteiger partial charge in [0.05, 0.1) is 0 Å². The van der Waals surface area contributed by atoms with E-state index in [1.54, 1.807) is 43.3 Å². The van der Waals surface area contributed by atoms with Gasteiger partial charge in [0, 0.05) is 22.7 Å². The summed E-state index contributed by atoms with van der Waals surface area (Å²) in [7, 11) is 0. The Kier molecular flexibility index (Phi) is 5.50. The Morgan fingerprint density at radius 1 is 1.09 bits per heavy atom. The molecule has 0 bridgehead atoms. The second kappa shape index (κ2) is 7.57. The fourth-order valence-electron chi connectivity index (χ4n) is 1.84. The normalized spacial score (nSPS) is 10.6. The number of hydrogen-bond acceptors (Lipinski definition) is 2. The van der Waals surface area contributed by atoms with E-state index in [0.29, 0.717) is 22.7 Å². The molecular weight excluding hydrogens is 298 g/mol. The van der Waals surface area contributed by atoms with Crippen molar-refractivity contribution >= 4 is 35.1 Å². The zero-order valence-electron chi connectivity index (χ0n) is 12.2. The molecule has 3 nitrogen and oxygen atoms in total. The van der Waals surface area contributed by atoms with E-state index in [9.17, 15) is 9.59 Å². The molecule has 22 heavy (non-hydrogen) atoms. The van der Waals surface area contributed by atoms with Crippen LogP contribution in [0.2, 0.25) is 5.02 Å². The number of nitrogens with one attached hydrogen (secondary N) is 1. The summed E-state index contributed by atoms with van der Waals surface area (Å²) in [5, 5.41) is 3.34. The third-order valence-electron chi connectivity index (χ3n) is 3.09. The first-order valence-corrected chi connectivity index (χ1v) is 7.35. The maximum atomic E-state index is 12.1. The van der Waals surface area contributed by atoms with Gasteiger partial charge in [-0.2, -0.15) is 0 Å². The molecule has 2 aromatic carbocycles. The molecule has 0 atom stereocenters. The van der Waals surface area contributed by atoms with Gasteiger partial charge in [0.1, 0.15) is 0 Å². The molecule has 0 saturated carbocycles. The summed E-state index contributed by atoms with van der Waals surface area (Å²) in [6.07, 6.45) is 3.60. The lowest BCUT2D eigenvalue weighted by Gasteiger charge is -2.04. The van der Waals surface area contributed by atoms with Crippen LogP contribution in [0.3, 0.4) is 0 Å². The molecule has 0 aliphatic heterocycles. The number of carbonyl (C=O) groups is 2. The van der Waals surface area contributed by atoms with E-state index in [0.717, 1.165) is 5.56 Å². The number of anilines is 1. The Labute approximate surface area is 134 Å². The fourth-order valence-corrected chi connectivity index (χ4v) is 2.04. The molecule has 1 amide bonds. The van der Waals surface area contributed by atoms with Crippen LogP contribution in [-0.4, -0.2) is 11.7 Å². The van der Waals surface area contributed by atoms with Gasteiger partial charge in [-0.15, -0.1) is 0 Å². The van der Waals surface area contributed by atoms with Gasteiger partial charge in [0.2, 0.25) is 5.91 Å². The van der Waals surface area contributed by atoms with Crippen molar-refractivity contribution in [3.05, 3.63) is 70.8 Å². The van der Waals surface area contributed by atoms with Crippen LogP contribution in [0.15, 0.2) is 54.6 Å². The second-order valence-electron chi connectivity index (χ2n) is 4.70. The van der Waals surface area contributed by atoms with Gasteiger partial charge < -0.3 is 5.32 Å². The van der Waals surface area contributed by atoms with Crippen molar-refractivity contribution in [1.82, 2.24) is 0 Å². The van der Waals surface area contributed by atoms with Crippen LogP contribution in [0.25, 0.3) is 6.08 Å². The van der Waals surface area contributed by atoms with Gasteiger partial charge in [0.25, 0.3) is 0 Å². The van der Waals surface area contributed by atoms with Crippen LogP contribution in [0.1, 0.15) is 29.3 Å². The quantitative estimate of drug-likeness (QED) is 0.648. The van der Waals surface area contributed by atoms with Crippen LogP contribution in [0.5, 0.6) is 0 Å². The lowest BCUT2D eigenvalue weighted by molar-refractivity contribution is -0.115. The number of amides is 1. The maximum Gasteiger partial charge on any atom is 0.224 e. The zero-order valence-corrected chi connectivity index (χ0v) is 12.9. The third-order valence-corrected chi connectivity index (χ3v) is 3.44. The summed E-state index contributed by atoms with van der Waals surface area (Å²) >= 11 is 6.03. The summed E-state index contributed by atoms with van der Waals surface area (Å²) in [5.74, 6) is -0.175. The number of halogens is 1. The van der Waals surface area contributed by atoms with E-state index in [4.69, 9.17) is 11.6 Å². The molecule has 4 heteroatoms. The standard InChI is InChI=1S/C18H16ClNO2/c1-2-18(22)20-15-10-7-14(8-11-15)17(21)12-9-13-5-3-4-6-16(13)19/h3-12H,2H2,1H3,(H,20,22)/b12-9+. The number of hydrogen-bond donors (Lipinski definition) is 1. The molecule has 0 saturated heterocycles. The Morgan fingerprint density at radius 2 is 1.77 bits per heavy atom. The van der Waals surface area contributed by atoms with Crippen LogP contribution in [0.4, 0.5) is 5.69 Å². The molecule has 0 radical (unpaired) electrons. The number of benzene rings is 2. The van der Waals surface area contributed by atoms with Crippen molar-refractivity contribution < 1.29 is 9.59 Å². The third kappa shape index (κ3) is 4.30. The Morgan fingerprint density at radius 3 is 2.41 bits per heavy atom. The van der Waals surface area contributed by atoms with Crippen molar-refractivity contribution in [3.63, 3.8) is 0 Å². The first-order valence-electron chi connectivity index (χ1n) is 6.97. The Hall–Kier alpha value is -2.39.